The van der Waals surface area contributed by atoms with Gasteiger partial charge >= 0.3 is 0 Å². The molecule has 92 valence electrons. The number of amides is 1. The van der Waals surface area contributed by atoms with E-state index in [-0.39, 0.29) is 17.4 Å². The fraction of sp³-hybridized carbons (Fsp3) is 0.923. The Morgan fingerprint density at radius 3 is 2.12 bits per heavy atom. The van der Waals surface area contributed by atoms with Gasteiger partial charge in [0.25, 0.3) is 0 Å². The number of likely N-dealkylation sites (tertiary alicyclic amines) is 1. The van der Waals surface area contributed by atoms with Crippen LogP contribution in [0.25, 0.3) is 0 Å². The highest BCUT2D eigenvalue weighted by Gasteiger charge is 2.62. The van der Waals surface area contributed by atoms with Crippen molar-refractivity contribution >= 4 is 5.91 Å². The monoisotopic (exact) mass is 224 g/mol. The van der Waals surface area contributed by atoms with Gasteiger partial charge in [-0.3, -0.25) is 4.79 Å². The number of rotatable bonds is 1. The summed E-state index contributed by atoms with van der Waals surface area (Å²) < 4.78 is 0. The Labute approximate surface area is 98.4 Å². The van der Waals surface area contributed by atoms with E-state index in [0.29, 0.717) is 17.3 Å². The van der Waals surface area contributed by atoms with Crippen molar-refractivity contribution < 1.29 is 4.79 Å². The Hall–Kier alpha value is -0.570. The number of nitrogens with two attached hydrogens (primary N) is 1. The first-order valence-electron chi connectivity index (χ1n) is 6.20. The molecule has 0 aromatic rings. The van der Waals surface area contributed by atoms with E-state index in [2.05, 4.69) is 13.8 Å². The molecule has 3 nitrogen and oxygen atoms in total. The zero-order valence-corrected chi connectivity index (χ0v) is 11.1. The van der Waals surface area contributed by atoms with Gasteiger partial charge in [0.2, 0.25) is 5.91 Å². The van der Waals surface area contributed by atoms with Crippen LogP contribution < -0.4 is 5.73 Å². The molecule has 2 rings (SSSR count). The lowest BCUT2D eigenvalue weighted by molar-refractivity contribution is -0.134. The molecule has 16 heavy (non-hydrogen) atoms. The van der Waals surface area contributed by atoms with Crippen LogP contribution in [0.3, 0.4) is 0 Å². The molecule has 3 heteroatoms. The quantitative estimate of drug-likeness (QED) is 0.733. The molecule has 1 amide bonds. The maximum absolute atomic E-state index is 12.2. The van der Waals surface area contributed by atoms with Gasteiger partial charge in [-0.25, -0.2) is 0 Å². The van der Waals surface area contributed by atoms with Crippen molar-refractivity contribution in [3.05, 3.63) is 0 Å². The molecule has 1 heterocycles. The maximum Gasteiger partial charge on any atom is 0.240 e. The normalized spacial score (nSPS) is 33.5. The molecule has 2 aliphatic rings. The third kappa shape index (κ3) is 1.65. The van der Waals surface area contributed by atoms with Crippen LogP contribution in [0.5, 0.6) is 0 Å². The van der Waals surface area contributed by atoms with Gasteiger partial charge in [0.15, 0.2) is 0 Å². The Morgan fingerprint density at radius 2 is 1.75 bits per heavy atom. The number of carbonyl (C=O) groups excluding carboxylic acids is 1. The minimum Gasteiger partial charge on any atom is -0.341 e. The molecule has 0 radical (unpaired) electrons. The van der Waals surface area contributed by atoms with Gasteiger partial charge in [-0.15, -0.1) is 0 Å². The van der Waals surface area contributed by atoms with Gasteiger partial charge in [0.1, 0.15) is 0 Å². The smallest absolute Gasteiger partial charge is 0.240 e. The van der Waals surface area contributed by atoms with Crippen LogP contribution in [-0.4, -0.2) is 29.9 Å². The largest absolute Gasteiger partial charge is 0.341 e. The summed E-state index contributed by atoms with van der Waals surface area (Å²) in [6, 6.07) is -0.367. The van der Waals surface area contributed by atoms with E-state index in [1.807, 2.05) is 25.7 Å². The summed E-state index contributed by atoms with van der Waals surface area (Å²) in [7, 11) is 0. The molecule has 0 spiro atoms. The highest BCUT2D eigenvalue weighted by atomic mass is 16.2. The first-order valence-corrected chi connectivity index (χ1v) is 6.20. The van der Waals surface area contributed by atoms with E-state index in [1.165, 1.54) is 0 Å². The fourth-order valence-electron chi connectivity index (χ4n) is 2.88. The van der Waals surface area contributed by atoms with Gasteiger partial charge in [-0.05, 0) is 22.7 Å². The molecule has 0 aromatic carbocycles. The second-order valence-electron chi connectivity index (χ2n) is 7.12. The number of fused-ring (bicyclic) bond motifs is 1. The van der Waals surface area contributed by atoms with Crippen molar-refractivity contribution in [1.82, 2.24) is 4.90 Å². The summed E-state index contributed by atoms with van der Waals surface area (Å²) in [5, 5.41) is 0. The number of hydrogen-bond donors (Lipinski definition) is 1. The van der Waals surface area contributed by atoms with Gasteiger partial charge in [0.05, 0.1) is 6.04 Å². The number of piperidine rings is 1. The molecule has 1 saturated heterocycles. The van der Waals surface area contributed by atoms with Gasteiger partial charge in [0, 0.05) is 13.1 Å². The Bertz CT molecular complexity index is 302. The van der Waals surface area contributed by atoms with E-state index in [1.54, 1.807) is 0 Å². The standard InChI is InChI=1S/C13H24N2O/c1-12(2,3)10(14)11(16)15-6-8-9(7-15)13(8,4)5/h8-10H,6-7,14H2,1-5H3/t8?,9?,10-/m1/s1. The van der Waals surface area contributed by atoms with Crippen molar-refractivity contribution in [1.29, 1.82) is 0 Å². The summed E-state index contributed by atoms with van der Waals surface area (Å²) in [6.45, 7) is 12.5. The number of carbonyl (C=O) groups is 1. The molecular weight excluding hydrogens is 200 g/mol. The number of hydrogen-bond acceptors (Lipinski definition) is 2. The summed E-state index contributed by atoms with van der Waals surface area (Å²) in [6.07, 6.45) is 0. The van der Waals surface area contributed by atoms with E-state index >= 15 is 0 Å². The van der Waals surface area contributed by atoms with Crippen LogP contribution in [-0.2, 0) is 4.79 Å². The van der Waals surface area contributed by atoms with Crippen molar-refractivity contribution in [2.75, 3.05) is 13.1 Å². The molecule has 3 atom stereocenters. The fourth-order valence-corrected chi connectivity index (χ4v) is 2.88. The first-order chi connectivity index (χ1) is 7.15. The molecule has 2 N–H and O–H groups in total. The van der Waals surface area contributed by atoms with Crippen LogP contribution >= 0.6 is 0 Å². The molecule has 1 aliphatic carbocycles. The van der Waals surface area contributed by atoms with Crippen LogP contribution in [0, 0.1) is 22.7 Å². The minimum atomic E-state index is -0.367. The second-order valence-corrected chi connectivity index (χ2v) is 7.12. The third-order valence-electron chi connectivity index (χ3n) is 4.63. The van der Waals surface area contributed by atoms with E-state index in [9.17, 15) is 4.79 Å². The molecule has 0 aromatic heterocycles. The highest BCUT2D eigenvalue weighted by molar-refractivity contribution is 5.83. The van der Waals surface area contributed by atoms with Crippen molar-refractivity contribution in [3.63, 3.8) is 0 Å². The predicted molar refractivity (Wildman–Crippen MR) is 64.8 cm³/mol. The van der Waals surface area contributed by atoms with Crippen molar-refractivity contribution in [2.24, 2.45) is 28.4 Å². The van der Waals surface area contributed by atoms with Crippen molar-refractivity contribution in [2.45, 2.75) is 40.7 Å². The third-order valence-corrected chi connectivity index (χ3v) is 4.63. The average molecular weight is 224 g/mol. The molecule has 2 fully saturated rings. The minimum absolute atomic E-state index is 0.135. The number of nitrogens with zero attached hydrogens (tertiary/aromatic N) is 1. The van der Waals surface area contributed by atoms with E-state index in [4.69, 9.17) is 5.73 Å². The molecule has 1 aliphatic heterocycles. The first kappa shape index (κ1) is 11.9. The second kappa shape index (κ2) is 3.22. The van der Waals surface area contributed by atoms with Crippen molar-refractivity contribution in [3.8, 4) is 0 Å². The zero-order valence-electron chi connectivity index (χ0n) is 11.1. The van der Waals surface area contributed by atoms with Gasteiger partial charge < -0.3 is 10.6 Å². The predicted octanol–water partition coefficient (Wildman–Crippen LogP) is 1.47. The molecule has 2 unspecified atom stereocenters. The topological polar surface area (TPSA) is 46.3 Å². The highest BCUT2D eigenvalue weighted by Crippen LogP contribution is 2.62. The maximum atomic E-state index is 12.2. The molecule has 1 saturated carbocycles. The summed E-state index contributed by atoms with van der Waals surface area (Å²) >= 11 is 0. The lowest BCUT2D eigenvalue weighted by atomic mass is 9.86. The molecular formula is C13H24N2O. The van der Waals surface area contributed by atoms with Gasteiger partial charge in [-0.2, -0.15) is 0 Å². The van der Waals surface area contributed by atoms with E-state index < -0.39 is 0 Å². The van der Waals surface area contributed by atoms with Crippen LogP contribution in [0.15, 0.2) is 0 Å². The van der Waals surface area contributed by atoms with Crippen LogP contribution in [0.1, 0.15) is 34.6 Å². The van der Waals surface area contributed by atoms with E-state index in [0.717, 1.165) is 13.1 Å². The SMILES string of the molecule is CC1(C)C2CN(C(=O)[C@@H](N)C(C)(C)C)CC21. The average Bonchev–Trinajstić information content (AvgIpc) is 2.57. The summed E-state index contributed by atoms with van der Waals surface area (Å²) in [4.78, 5) is 14.1. The molecule has 0 bridgehead atoms. The Kier molecular flexibility index (Phi) is 2.40. The Morgan fingerprint density at radius 1 is 1.31 bits per heavy atom. The lowest BCUT2D eigenvalue weighted by Crippen LogP contribution is -2.50. The zero-order chi connectivity index (χ0) is 12.3. The summed E-state index contributed by atoms with van der Waals surface area (Å²) in [5.41, 5.74) is 6.33. The van der Waals surface area contributed by atoms with Crippen LogP contribution in [0.4, 0.5) is 0 Å². The van der Waals surface area contributed by atoms with Gasteiger partial charge in [-0.1, -0.05) is 34.6 Å². The summed E-state index contributed by atoms with van der Waals surface area (Å²) in [5.74, 6) is 1.56. The Balaban J connectivity index is 1.95. The van der Waals surface area contributed by atoms with Crippen LogP contribution in [0.2, 0.25) is 0 Å². The lowest BCUT2D eigenvalue weighted by Gasteiger charge is -2.31.